The lowest BCUT2D eigenvalue weighted by Gasteiger charge is -2.33. The van der Waals surface area contributed by atoms with Gasteiger partial charge in [0.25, 0.3) is 10.0 Å². The van der Waals surface area contributed by atoms with E-state index in [2.05, 4.69) is 5.32 Å². The van der Waals surface area contributed by atoms with Gasteiger partial charge in [-0.15, -0.1) is 0 Å². The number of methoxy groups -OCH3 is 1. The Kier molecular flexibility index (Phi) is 10.7. The van der Waals surface area contributed by atoms with Crippen LogP contribution in [0.1, 0.15) is 38.3 Å². The van der Waals surface area contributed by atoms with Crippen LogP contribution in [0.3, 0.4) is 0 Å². The van der Waals surface area contributed by atoms with Crippen LogP contribution >= 0.6 is 0 Å². The van der Waals surface area contributed by atoms with Crippen LogP contribution in [0.2, 0.25) is 0 Å². The molecule has 0 spiro atoms. The number of anilines is 1. The van der Waals surface area contributed by atoms with Gasteiger partial charge in [-0.1, -0.05) is 63.2 Å². The van der Waals surface area contributed by atoms with Crippen LogP contribution in [-0.2, 0) is 26.2 Å². The van der Waals surface area contributed by atoms with Gasteiger partial charge in [0.2, 0.25) is 11.8 Å². The number of carbonyl (C=O) groups excluding carboxylic acids is 2. The Balaban J connectivity index is 2.03. The molecule has 0 bridgehead atoms. The third-order valence-electron chi connectivity index (χ3n) is 6.48. The average molecular weight is 566 g/mol. The van der Waals surface area contributed by atoms with Crippen molar-refractivity contribution < 1.29 is 22.7 Å². The number of aryl methyl sites for hydroxylation is 1. The highest BCUT2D eigenvalue weighted by Gasteiger charge is 2.33. The van der Waals surface area contributed by atoms with Gasteiger partial charge in [0.15, 0.2) is 0 Å². The Hall–Kier alpha value is -3.85. The number of carbonyl (C=O) groups is 2. The molecule has 0 aliphatic rings. The Labute approximate surface area is 238 Å². The van der Waals surface area contributed by atoms with E-state index in [-0.39, 0.29) is 23.3 Å². The highest BCUT2D eigenvalue weighted by molar-refractivity contribution is 7.92. The van der Waals surface area contributed by atoms with Gasteiger partial charge in [0, 0.05) is 13.1 Å². The van der Waals surface area contributed by atoms with Crippen molar-refractivity contribution >= 4 is 27.5 Å². The molecule has 0 saturated heterocycles. The first kappa shape index (κ1) is 30.7. The monoisotopic (exact) mass is 565 g/mol. The SMILES string of the molecule is CCC(C(=O)NCC(C)C)N(Cc1ccc(OC)cc1)C(=O)CN(c1cccc(C)c1)S(=O)(=O)c1ccccc1. The fourth-order valence-electron chi connectivity index (χ4n) is 4.30. The molecule has 0 radical (unpaired) electrons. The molecule has 214 valence electrons. The van der Waals surface area contributed by atoms with Crippen LogP contribution in [0.25, 0.3) is 0 Å². The van der Waals surface area contributed by atoms with Crippen molar-refractivity contribution in [2.24, 2.45) is 5.92 Å². The molecule has 0 saturated carbocycles. The normalized spacial score (nSPS) is 12.1. The van der Waals surface area contributed by atoms with Gasteiger partial charge < -0.3 is 15.0 Å². The zero-order valence-electron chi connectivity index (χ0n) is 23.8. The number of hydrogen-bond acceptors (Lipinski definition) is 5. The lowest BCUT2D eigenvalue weighted by Crippen LogP contribution is -2.52. The zero-order valence-corrected chi connectivity index (χ0v) is 24.6. The van der Waals surface area contributed by atoms with E-state index in [0.29, 0.717) is 24.4 Å². The summed E-state index contributed by atoms with van der Waals surface area (Å²) in [6, 6.07) is 21.5. The third-order valence-corrected chi connectivity index (χ3v) is 8.27. The van der Waals surface area contributed by atoms with Crippen molar-refractivity contribution in [1.82, 2.24) is 10.2 Å². The van der Waals surface area contributed by atoms with Crippen LogP contribution in [0.4, 0.5) is 5.69 Å². The number of benzene rings is 3. The van der Waals surface area contributed by atoms with Gasteiger partial charge in [0.05, 0.1) is 17.7 Å². The molecule has 0 aliphatic heterocycles. The van der Waals surface area contributed by atoms with E-state index in [0.717, 1.165) is 15.4 Å². The minimum absolute atomic E-state index is 0.0766. The summed E-state index contributed by atoms with van der Waals surface area (Å²) in [5, 5.41) is 2.94. The summed E-state index contributed by atoms with van der Waals surface area (Å²) in [6.45, 7) is 7.82. The number of sulfonamides is 1. The van der Waals surface area contributed by atoms with Gasteiger partial charge in [0.1, 0.15) is 18.3 Å². The van der Waals surface area contributed by atoms with E-state index in [1.807, 2.05) is 45.9 Å². The molecule has 2 amide bonds. The molecule has 0 aromatic heterocycles. The molecule has 3 aromatic carbocycles. The molecule has 0 heterocycles. The van der Waals surface area contributed by atoms with Crippen molar-refractivity contribution in [3.8, 4) is 5.75 Å². The molecule has 0 aliphatic carbocycles. The first-order valence-corrected chi connectivity index (χ1v) is 14.8. The lowest BCUT2D eigenvalue weighted by atomic mass is 10.1. The predicted molar refractivity (Wildman–Crippen MR) is 158 cm³/mol. The van der Waals surface area contributed by atoms with Gasteiger partial charge >= 0.3 is 0 Å². The summed E-state index contributed by atoms with van der Waals surface area (Å²) >= 11 is 0. The van der Waals surface area contributed by atoms with Crippen LogP contribution in [0.5, 0.6) is 5.75 Å². The van der Waals surface area contributed by atoms with Crippen LogP contribution in [0, 0.1) is 12.8 Å². The maximum Gasteiger partial charge on any atom is 0.264 e. The fourth-order valence-corrected chi connectivity index (χ4v) is 5.73. The number of nitrogens with zero attached hydrogens (tertiary/aromatic N) is 2. The molecule has 1 unspecified atom stereocenters. The second kappa shape index (κ2) is 14.0. The minimum atomic E-state index is -4.09. The van der Waals surface area contributed by atoms with Crippen LogP contribution in [-0.4, -0.2) is 51.4 Å². The second-order valence-electron chi connectivity index (χ2n) is 10.1. The van der Waals surface area contributed by atoms with E-state index in [9.17, 15) is 18.0 Å². The Morgan fingerprint density at radius 2 is 1.62 bits per heavy atom. The summed E-state index contributed by atoms with van der Waals surface area (Å²) in [4.78, 5) is 28.9. The maximum absolute atomic E-state index is 14.1. The summed E-state index contributed by atoms with van der Waals surface area (Å²) < 4.78 is 34.1. The number of nitrogens with one attached hydrogen (secondary N) is 1. The van der Waals surface area contributed by atoms with Crippen molar-refractivity contribution in [2.45, 2.75) is 51.6 Å². The number of ether oxygens (including phenoxy) is 1. The number of amides is 2. The summed E-state index contributed by atoms with van der Waals surface area (Å²) in [5.41, 5.74) is 2.02. The maximum atomic E-state index is 14.1. The van der Waals surface area contributed by atoms with E-state index in [1.165, 1.54) is 17.0 Å². The summed E-state index contributed by atoms with van der Waals surface area (Å²) in [7, 11) is -2.51. The van der Waals surface area contributed by atoms with E-state index in [1.54, 1.807) is 55.6 Å². The molecule has 40 heavy (non-hydrogen) atoms. The zero-order chi connectivity index (χ0) is 29.3. The Bertz CT molecular complexity index is 1380. The van der Waals surface area contributed by atoms with Gasteiger partial charge in [-0.3, -0.25) is 13.9 Å². The van der Waals surface area contributed by atoms with E-state index >= 15 is 0 Å². The molecule has 0 fully saturated rings. The van der Waals surface area contributed by atoms with Gasteiger partial charge in [-0.25, -0.2) is 8.42 Å². The largest absolute Gasteiger partial charge is 0.497 e. The smallest absolute Gasteiger partial charge is 0.264 e. The van der Waals surface area contributed by atoms with Gasteiger partial charge in [-0.05, 0) is 66.8 Å². The van der Waals surface area contributed by atoms with Crippen LogP contribution < -0.4 is 14.4 Å². The molecule has 8 nitrogen and oxygen atoms in total. The van der Waals surface area contributed by atoms with Gasteiger partial charge in [-0.2, -0.15) is 0 Å². The third kappa shape index (κ3) is 7.85. The molecule has 1 atom stereocenters. The number of rotatable bonds is 13. The molecule has 9 heteroatoms. The van der Waals surface area contributed by atoms with Crippen molar-refractivity contribution in [3.63, 3.8) is 0 Å². The average Bonchev–Trinajstić information content (AvgIpc) is 2.95. The molecule has 1 N–H and O–H groups in total. The first-order valence-electron chi connectivity index (χ1n) is 13.4. The van der Waals surface area contributed by atoms with Crippen LogP contribution in [0.15, 0.2) is 83.8 Å². The molecular formula is C31H39N3O5S. The molecule has 3 aromatic rings. The van der Waals surface area contributed by atoms with Crippen molar-refractivity contribution in [1.29, 1.82) is 0 Å². The first-order chi connectivity index (χ1) is 19.1. The standard InChI is InChI=1S/C31H39N3O5S/c1-6-29(31(36)32-20-23(2)3)33(21-25-15-17-27(39-5)18-16-25)30(35)22-34(26-12-10-11-24(4)19-26)40(37,38)28-13-8-7-9-14-28/h7-19,23,29H,6,20-22H2,1-5H3,(H,32,36). The second-order valence-corrected chi connectivity index (χ2v) is 12.0. The molecular weight excluding hydrogens is 526 g/mol. The summed E-state index contributed by atoms with van der Waals surface area (Å²) in [5.74, 6) is 0.150. The minimum Gasteiger partial charge on any atom is -0.497 e. The van der Waals surface area contributed by atoms with E-state index in [4.69, 9.17) is 4.74 Å². The Morgan fingerprint density at radius 3 is 2.20 bits per heavy atom. The highest BCUT2D eigenvalue weighted by atomic mass is 32.2. The quantitative estimate of drug-likeness (QED) is 0.322. The summed E-state index contributed by atoms with van der Waals surface area (Å²) in [6.07, 6.45) is 0.363. The molecule has 3 rings (SSSR count). The van der Waals surface area contributed by atoms with Crippen molar-refractivity contribution in [3.05, 3.63) is 90.0 Å². The fraction of sp³-hybridized carbons (Fsp3) is 0.355. The Morgan fingerprint density at radius 1 is 0.950 bits per heavy atom. The van der Waals surface area contributed by atoms with Crippen molar-refractivity contribution in [2.75, 3.05) is 24.5 Å². The number of hydrogen-bond donors (Lipinski definition) is 1. The topological polar surface area (TPSA) is 96.0 Å². The highest BCUT2D eigenvalue weighted by Crippen LogP contribution is 2.26. The predicted octanol–water partition coefficient (Wildman–Crippen LogP) is 4.78. The van der Waals surface area contributed by atoms with E-state index < -0.39 is 28.5 Å². The lowest BCUT2D eigenvalue weighted by molar-refractivity contribution is -0.140.